The Balaban J connectivity index is 2.23. The number of halogens is 2. The van der Waals surface area contributed by atoms with Crippen molar-refractivity contribution >= 4 is 11.6 Å². The minimum absolute atomic E-state index is 0.178. The van der Waals surface area contributed by atoms with Crippen molar-refractivity contribution in [2.45, 2.75) is 19.9 Å². The largest absolute Gasteiger partial charge is 0.452 e. The third kappa shape index (κ3) is 3.71. The van der Waals surface area contributed by atoms with E-state index in [1.165, 1.54) is 6.07 Å². The van der Waals surface area contributed by atoms with Gasteiger partial charge in [0, 0.05) is 12.1 Å². The lowest BCUT2D eigenvalue weighted by Gasteiger charge is -2.13. The first-order chi connectivity index (χ1) is 9.72. The summed E-state index contributed by atoms with van der Waals surface area (Å²) < 4.78 is 19.3. The number of ether oxygens (including phenoxy) is 1. The van der Waals surface area contributed by atoms with E-state index in [1.54, 1.807) is 24.3 Å². The van der Waals surface area contributed by atoms with Crippen LogP contribution in [-0.2, 0) is 6.54 Å². The Hall–Kier alpha value is -1.58. The lowest BCUT2D eigenvalue weighted by Crippen LogP contribution is -2.14. The Labute approximate surface area is 123 Å². The molecule has 0 aromatic heterocycles. The Bertz CT molecular complexity index is 574. The standard InChI is InChI=1S/C16H17ClFNO/c1-2-10-19-11-12-6-5-7-13(17)16(12)20-15-9-4-3-8-14(15)18/h3-9,19H,2,10-11H2,1H3. The molecule has 0 radical (unpaired) electrons. The highest BCUT2D eigenvalue weighted by molar-refractivity contribution is 6.32. The summed E-state index contributed by atoms with van der Waals surface area (Å²) in [6, 6.07) is 11.8. The van der Waals surface area contributed by atoms with E-state index < -0.39 is 5.82 Å². The lowest BCUT2D eigenvalue weighted by atomic mass is 10.2. The van der Waals surface area contributed by atoms with E-state index in [0.717, 1.165) is 18.5 Å². The summed E-state index contributed by atoms with van der Waals surface area (Å²) in [6.07, 6.45) is 1.05. The van der Waals surface area contributed by atoms with Gasteiger partial charge < -0.3 is 10.1 Å². The van der Waals surface area contributed by atoms with Gasteiger partial charge in [-0.3, -0.25) is 0 Å². The first-order valence-electron chi connectivity index (χ1n) is 6.63. The van der Waals surface area contributed by atoms with Gasteiger partial charge in [-0.05, 0) is 31.2 Å². The average molecular weight is 294 g/mol. The van der Waals surface area contributed by atoms with E-state index in [4.69, 9.17) is 16.3 Å². The lowest BCUT2D eigenvalue weighted by molar-refractivity contribution is 0.436. The molecule has 20 heavy (non-hydrogen) atoms. The average Bonchev–Trinajstić information content (AvgIpc) is 2.44. The van der Waals surface area contributed by atoms with Gasteiger partial charge in [-0.2, -0.15) is 0 Å². The van der Waals surface area contributed by atoms with Gasteiger partial charge in [0.15, 0.2) is 17.3 Å². The highest BCUT2D eigenvalue weighted by atomic mass is 35.5. The fourth-order valence-electron chi connectivity index (χ4n) is 1.84. The second kappa shape index (κ2) is 7.27. The molecular formula is C16H17ClFNO. The van der Waals surface area contributed by atoms with Gasteiger partial charge in [-0.15, -0.1) is 0 Å². The second-order valence-electron chi connectivity index (χ2n) is 4.44. The van der Waals surface area contributed by atoms with E-state index >= 15 is 0 Å². The second-order valence-corrected chi connectivity index (χ2v) is 4.84. The molecule has 0 saturated heterocycles. The van der Waals surface area contributed by atoms with Crippen LogP contribution >= 0.6 is 11.6 Å². The molecule has 2 nitrogen and oxygen atoms in total. The third-order valence-corrected chi connectivity index (χ3v) is 3.14. The maximum atomic E-state index is 13.7. The van der Waals surface area contributed by atoms with E-state index in [0.29, 0.717) is 17.3 Å². The Kier molecular flexibility index (Phi) is 5.39. The van der Waals surface area contributed by atoms with Crippen molar-refractivity contribution in [1.82, 2.24) is 5.32 Å². The van der Waals surface area contributed by atoms with Crippen molar-refractivity contribution < 1.29 is 9.13 Å². The first-order valence-corrected chi connectivity index (χ1v) is 7.00. The van der Waals surface area contributed by atoms with Crippen molar-refractivity contribution in [3.8, 4) is 11.5 Å². The molecule has 0 unspecified atom stereocenters. The first kappa shape index (κ1) is 14.8. The summed E-state index contributed by atoms with van der Waals surface area (Å²) in [7, 11) is 0. The zero-order valence-corrected chi connectivity index (χ0v) is 12.1. The fourth-order valence-corrected chi connectivity index (χ4v) is 2.08. The van der Waals surface area contributed by atoms with Crippen molar-refractivity contribution in [1.29, 1.82) is 0 Å². The van der Waals surface area contributed by atoms with Gasteiger partial charge in [0.2, 0.25) is 0 Å². The summed E-state index contributed by atoms with van der Waals surface area (Å²) >= 11 is 6.17. The van der Waals surface area contributed by atoms with Crippen molar-refractivity contribution in [3.05, 3.63) is 58.9 Å². The molecule has 0 aliphatic rings. The number of nitrogens with one attached hydrogen (secondary N) is 1. The van der Waals surface area contributed by atoms with Gasteiger partial charge in [0.05, 0.1) is 5.02 Å². The van der Waals surface area contributed by atoms with Crippen LogP contribution in [0.3, 0.4) is 0 Å². The monoisotopic (exact) mass is 293 g/mol. The quantitative estimate of drug-likeness (QED) is 0.775. The molecule has 2 rings (SSSR count). The molecule has 0 fully saturated rings. The molecule has 0 saturated carbocycles. The van der Waals surface area contributed by atoms with Crippen LogP contribution < -0.4 is 10.1 Å². The topological polar surface area (TPSA) is 21.3 Å². The van der Waals surface area contributed by atoms with Crippen molar-refractivity contribution in [2.24, 2.45) is 0 Å². The Morgan fingerprint density at radius 1 is 1.15 bits per heavy atom. The molecule has 4 heteroatoms. The summed E-state index contributed by atoms with van der Waals surface area (Å²) in [5.41, 5.74) is 0.911. The van der Waals surface area contributed by atoms with Gasteiger partial charge in [-0.1, -0.05) is 42.8 Å². The van der Waals surface area contributed by atoms with E-state index in [1.807, 2.05) is 12.1 Å². The van der Waals surface area contributed by atoms with Crippen LogP contribution in [0.5, 0.6) is 11.5 Å². The van der Waals surface area contributed by atoms with Gasteiger partial charge in [-0.25, -0.2) is 4.39 Å². The minimum atomic E-state index is -0.403. The highest BCUT2D eigenvalue weighted by Crippen LogP contribution is 2.33. The predicted molar refractivity (Wildman–Crippen MR) is 79.9 cm³/mol. The maximum Gasteiger partial charge on any atom is 0.165 e. The molecule has 0 atom stereocenters. The van der Waals surface area contributed by atoms with Crippen LogP contribution in [0.4, 0.5) is 4.39 Å². The number of benzene rings is 2. The van der Waals surface area contributed by atoms with Crippen LogP contribution in [0.1, 0.15) is 18.9 Å². The summed E-state index contributed by atoms with van der Waals surface area (Å²) in [5, 5.41) is 3.76. The zero-order valence-electron chi connectivity index (χ0n) is 11.3. The predicted octanol–water partition coefficient (Wildman–Crippen LogP) is 4.77. The molecule has 0 heterocycles. The molecule has 2 aromatic carbocycles. The van der Waals surface area contributed by atoms with Gasteiger partial charge >= 0.3 is 0 Å². The Morgan fingerprint density at radius 3 is 2.70 bits per heavy atom. The molecule has 0 aliphatic heterocycles. The zero-order chi connectivity index (χ0) is 14.4. The summed E-state index contributed by atoms with van der Waals surface area (Å²) in [6.45, 7) is 3.64. The van der Waals surface area contributed by atoms with Crippen LogP contribution in [0.25, 0.3) is 0 Å². The highest BCUT2D eigenvalue weighted by Gasteiger charge is 2.11. The van der Waals surface area contributed by atoms with Crippen molar-refractivity contribution in [3.63, 3.8) is 0 Å². The van der Waals surface area contributed by atoms with Crippen molar-refractivity contribution in [2.75, 3.05) is 6.54 Å². The number of hydrogen-bond acceptors (Lipinski definition) is 2. The number of rotatable bonds is 6. The number of para-hydroxylation sites is 2. The molecule has 0 amide bonds. The molecule has 0 spiro atoms. The van der Waals surface area contributed by atoms with Crippen LogP contribution in [0.15, 0.2) is 42.5 Å². The minimum Gasteiger partial charge on any atom is -0.452 e. The van der Waals surface area contributed by atoms with Gasteiger partial charge in [0.1, 0.15) is 0 Å². The third-order valence-electron chi connectivity index (χ3n) is 2.84. The molecule has 0 bridgehead atoms. The smallest absolute Gasteiger partial charge is 0.165 e. The van der Waals surface area contributed by atoms with Crippen LogP contribution in [-0.4, -0.2) is 6.54 Å². The fraction of sp³-hybridized carbons (Fsp3) is 0.250. The molecule has 106 valence electrons. The normalized spacial score (nSPS) is 10.6. The Morgan fingerprint density at radius 2 is 1.95 bits per heavy atom. The molecule has 0 aliphatic carbocycles. The van der Waals surface area contributed by atoms with E-state index in [-0.39, 0.29) is 5.75 Å². The molecular weight excluding hydrogens is 277 g/mol. The van der Waals surface area contributed by atoms with Crippen LogP contribution in [0.2, 0.25) is 5.02 Å². The van der Waals surface area contributed by atoms with E-state index in [2.05, 4.69) is 12.2 Å². The van der Waals surface area contributed by atoms with Gasteiger partial charge in [0.25, 0.3) is 0 Å². The SMILES string of the molecule is CCCNCc1cccc(Cl)c1Oc1ccccc1F. The molecule has 1 N–H and O–H groups in total. The maximum absolute atomic E-state index is 13.7. The number of hydrogen-bond donors (Lipinski definition) is 1. The molecule has 2 aromatic rings. The van der Waals surface area contributed by atoms with Crippen LogP contribution in [0, 0.1) is 5.82 Å². The summed E-state index contributed by atoms with van der Waals surface area (Å²) in [4.78, 5) is 0. The van der Waals surface area contributed by atoms with E-state index in [9.17, 15) is 4.39 Å². The summed E-state index contributed by atoms with van der Waals surface area (Å²) in [5.74, 6) is 0.278.